The number of hydrogen-bond donors (Lipinski definition) is 3. The van der Waals surface area contributed by atoms with E-state index in [1.54, 1.807) is 26.8 Å². The van der Waals surface area contributed by atoms with E-state index >= 15 is 0 Å². The maximum atomic E-state index is 13.7. The van der Waals surface area contributed by atoms with Crippen molar-refractivity contribution in [3.63, 3.8) is 0 Å². The van der Waals surface area contributed by atoms with Gasteiger partial charge in [0.1, 0.15) is 17.5 Å². The minimum absolute atomic E-state index is 0.0109. The van der Waals surface area contributed by atoms with Crippen LogP contribution in [0, 0.1) is 11.8 Å². The molecular weight excluding hydrogens is 494 g/mol. The fraction of sp³-hybridized carbons (Fsp3) is 0.607. The highest BCUT2D eigenvalue weighted by Crippen LogP contribution is 2.60. The molecule has 10 nitrogen and oxygen atoms in total. The number of amides is 1. The Labute approximate surface area is 221 Å². The fourth-order valence-electron chi connectivity index (χ4n) is 7.11. The second kappa shape index (κ2) is 8.87. The van der Waals surface area contributed by atoms with Crippen LogP contribution in [0.15, 0.2) is 46.4 Å². The van der Waals surface area contributed by atoms with E-state index in [1.165, 1.54) is 30.9 Å². The lowest BCUT2D eigenvalue weighted by atomic mass is 9.76. The first-order valence-corrected chi connectivity index (χ1v) is 13.1. The molecule has 0 aromatic rings. The van der Waals surface area contributed by atoms with Gasteiger partial charge in [-0.3, -0.25) is 19.3 Å². The van der Waals surface area contributed by atoms with Crippen LogP contribution in [0.3, 0.4) is 0 Å². The van der Waals surface area contributed by atoms with Crippen molar-refractivity contribution in [3.8, 4) is 0 Å². The van der Waals surface area contributed by atoms with Crippen LogP contribution in [-0.2, 0) is 28.6 Å². The van der Waals surface area contributed by atoms with Gasteiger partial charge in [-0.2, -0.15) is 0 Å². The average molecular weight is 530 g/mol. The molecule has 0 bridgehead atoms. The minimum atomic E-state index is -1.81. The molecule has 0 spiro atoms. The molecular formula is C28H35NO9. The highest BCUT2D eigenvalue weighted by molar-refractivity contribution is 6.06. The van der Waals surface area contributed by atoms with Gasteiger partial charge < -0.3 is 29.5 Å². The topological polar surface area (TPSA) is 143 Å². The molecule has 1 amide bonds. The number of carbonyl (C=O) groups excluding carboxylic acids is 3. The van der Waals surface area contributed by atoms with Crippen molar-refractivity contribution < 1.29 is 43.9 Å². The van der Waals surface area contributed by atoms with Crippen molar-refractivity contribution >= 4 is 17.7 Å². The lowest BCUT2D eigenvalue weighted by Crippen LogP contribution is -2.58. The van der Waals surface area contributed by atoms with E-state index in [1.807, 2.05) is 6.92 Å². The SMILES string of the molecule is CC(=O)OC(C)C12C=C(C)C3C(C)C(OC4CCC(O)C(C)O4)C4=CC(=O)C=C(N1C(=O)C(C)=C2O)C43O. The molecule has 1 saturated heterocycles. The van der Waals surface area contributed by atoms with E-state index in [-0.39, 0.29) is 22.9 Å². The standard InChI is InChI=1S/C28H35NO9/c1-12-11-27(16(5)37-17(6)30)25(33)14(3)26(34)29(27)21-10-18(31)9-19-24(13(2)23(12)28(19,21)35)38-22-8-7-20(32)15(4)36-22/h9-11,13,15-16,20,22-24,32-33,35H,7-8H2,1-6H3. The molecule has 206 valence electrons. The molecule has 5 aliphatic rings. The molecule has 3 heterocycles. The third-order valence-electron chi connectivity index (χ3n) is 8.84. The zero-order valence-electron chi connectivity index (χ0n) is 22.4. The van der Waals surface area contributed by atoms with Crippen LogP contribution in [0.2, 0.25) is 0 Å². The zero-order valence-corrected chi connectivity index (χ0v) is 22.4. The smallest absolute Gasteiger partial charge is 0.303 e. The first kappa shape index (κ1) is 26.8. The summed E-state index contributed by atoms with van der Waals surface area (Å²) in [6.45, 7) is 9.71. The van der Waals surface area contributed by atoms with Crippen LogP contribution in [0.25, 0.3) is 0 Å². The van der Waals surface area contributed by atoms with Crippen molar-refractivity contribution in [1.29, 1.82) is 0 Å². The molecule has 0 aromatic carbocycles. The summed E-state index contributed by atoms with van der Waals surface area (Å²) in [5.74, 6) is -2.94. The second-order valence-corrected chi connectivity index (χ2v) is 11.2. The lowest BCUT2D eigenvalue weighted by molar-refractivity contribution is -0.233. The highest BCUT2D eigenvalue weighted by Gasteiger charge is 2.68. The van der Waals surface area contributed by atoms with Gasteiger partial charge >= 0.3 is 5.97 Å². The Morgan fingerprint density at radius 2 is 1.89 bits per heavy atom. The summed E-state index contributed by atoms with van der Waals surface area (Å²) in [4.78, 5) is 39.9. The quantitative estimate of drug-likeness (QED) is 0.368. The lowest BCUT2D eigenvalue weighted by Gasteiger charge is -2.45. The fourth-order valence-corrected chi connectivity index (χ4v) is 7.11. The number of ketones is 1. The minimum Gasteiger partial charge on any atom is -0.509 e. The Balaban J connectivity index is 1.66. The maximum Gasteiger partial charge on any atom is 0.303 e. The van der Waals surface area contributed by atoms with Gasteiger partial charge in [0.25, 0.3) is 5.91 Å². The Morgan fingerprint density at radius 3 is 2.53 bits per heavy atom. The van der Waals surface area contributed by atoms with Gasteiger partial charge in [-0.1, -0.05) is 12.5 Å². The molecule has 2 aliphatic carbocycles. The van der Waals surface area contributed by atoms with Gasteiger partial charge in [-0.05, 0) is 52.2 Å². The summed E-state index contributed by atoms with van der Waals surface area (Å²) in [6.07, 6.45) is 1.75. The first-order valence-electron chi connectivity index (χ1n) is 13.1. The Bertz CT molecular complexity index is 1230. The number of fused-ring (bicyclic) bond motifs is 2. The first-order chi connectivity index (χ1) is 17.7. The number of aliphatic hydroxyl groups is 3. The molecule has 10 heteroatoms. The highest BCUT2D eigenvalue weighted by atomic mass is 16.7. The maximum absolute atomic E-state index is 13.7. The number of carbonyl (C=O) groups is 3. The summed E-state index contributed by atoms with van der Waals surface area (Å²) >= 11 is 0. The number of nitrogens with zero attached hydrogens (tertiary/aromatic N) is 1. The number of hydrogen-bond acceptors (Lipinski definition) is 9. The van der Waals surface area contributed by atoms with Crippen LogP contribution in [0.5, 0.6) is 0 Å². The van der Waals surface area contributed by atoms with E-state index in [4.69, 9.17) is 14.2 Å². The van der Waals surface area contributed by atoms with Crippen molar-refractivity contribution in [1.82, 2.24) is 4.90 Å². The van der Waals surface area contributed by atoms with E-state index in [2.05, 4.69) is 0 Å². The molecule has 3 N–H and O–H groups in total. The molecule has 9 atom stereocenters. The van der Waals surface area contributed by atoms with Crippen molar-refractivity contribution in [2.45, 2.75) is 96.2 Å². The Hall–Kier alpha value is -2.79. The third-order valence-corrected chi connectivity index (χ3v) is 8.84. The van der Waals surface area contributed by atoms with Gasteiger partial charge in [-0.15, -0.1) is 0 Å². The van der Waals surface area contributed by atoms with Gasteiger partial charge in [0.2, 0.25) is 0 Å². The average Bonchev–Trinajstić information content (AvgIpc) is 3.11. The van der Waals surface area contributed by atoms with Crippen molar-refractivity contribution in [2.24, 2.45) is 11.8 Å². The number of aliphatic hydroxyl groups excluding tert-OH is 2. The largest absolute Gasteiger partial charge is 0.509 e. The van der Waals surface area contributed by atoms with Crippen LogP contribution < -0.4 is 0 Å². The van der Waals surface area contributed by atoms with Crippen LogP contribution in [0.1, 0.15) is 54.4 Å². The molecule has 0 radical (unpaired) electrons. The van der Waals surface area contributed by atoms with Crippen LogP contribution in [0.4, 0.5) is 0 Å². The van der Waals surface area contributed by atoms with Crippen molar-refractivity contribution in [3.05, 3.63) is 46.4 Å². The van der Waals surface area contributed by atoms with E-state index in [0.29, 0.717) is 24.0 Å². The summed E-state index contributed by atoms with van der Waals surface area (Å²) in [7, 11) is 0. The molecule has 2 fully saturated rings. The molecule has 1 saturated carbocycles. The van der Waals surface area contributed by atoms with Crippen LogP contribution in [-0.4, -0.2) is 79.7 Å². The van der Waals surface area contributed by atoms with Crippen LogP contribution >= 0.6 is 0 Å². The molecule has 5 rings (SSSR count). The Kier molecular flexibility index (Phi) is 6.26. The molecule has 0 aromatic heterocycles. The molecule has 3 aliphatic heterocycles. The third kappa shape index (κ3) is 3.50. The predicted octanol–water partition coefficient (Wildman–Crippen LogP) is 1.97. The Morgan fingerprint density at radius 1 is 1.21 bits per heavy atom. The normalized spacial score (nSPS) is 41.2. The monoisotopic (exact) mass is 529 g/mol. The molecule has 9 unspecified atom stereocenters. The number of esters is 1. The zero-order chi connectivity index (χ0) is 27.9. The summed E-state index contributed by atoms with van der Waals surface area (Å²) in [5.41, 5.74) is -2.46. The summed E-state index contributed by atoms with van der Waals surface area (Å²) in [5, 5.41) is 33.9. The summed E-state index contributed by atoms with van der Waals surface area (Å²) in [6, 6.07) is 0. The number of allylic oxidation sites excluding steroid dienone is 2. The van der Waals surface area contributed by atoms with E-state index < -0.39 is 65.4 Å². The number of rotatable bonds is 4. The number of ether oxygens (including phenoxy) is 3. The van der Waals surface area contributed by atoms with Gasteiger partial charge in [-0.25, -0.2) is 0 Å². The predicted molar refractivity (Wildman–Crippen MR) is 133 cm³/mol. The van der Waals surface area contributed by atoms with Gasteiger partial charge in [0.05, 0.1) is 29.6 Å². The summed E-state index contributed by atoms with van der Waals surface area (Å²) < 4.78 is 17.7. The second-order valence-electron chi connectivity index (χ2n) is 11.2. The van der Waals surface area contributed by atoms with Crippen molar-refractivity contribution in [2.75, 3.05) is 0 Å². The van der Waals surface area contributed by atoms with Gasteiger partial charge in [0, 0.05) is 30.9 Å². The van der Waals surface area contributed by atoms with E-state index in [9.17, 15) is 29.7 Å². The molecule has 38 heavy (non-hydrogen) atoms. The van der Waals surface area contributed by atoms with E-state index in [0.717, 1.165) is 0 Å². The van der Waals surface area contributed by atoms with Gasteiger partial charge in [0.15, 0.2) is 17.6 Å².